The SMILES string of the molecule is Fc1ccc(-c2cc(-c3nc(-c4cccs4)no3)no2)cc1. The van der Waals surface area contributed by atoms with Crippen molar-refractivity contribution in [3.8, 4) is 33.6 Å². The lowest BCUT2D eigenvalue weighted by Crippen LogP contribution is -1.77. The highest BCUT2D eigenvalue weighted by Gasteiger charge is 2.16. The highest BCUT2D eigenvalue weighted by atomic mass is 32.1. The van der Waals surface area contributed by atoms with Crippen LogP contribution in [0.5, 0.6) is 0 Å². The van der Waals surface area contributed by atoms with Crippen LogP contribution in [-0.4, -0.2) is 15.3 Å². The predicted octanol–water partition coefficient (Wildman–Crippen LogP) is 4.26. The molecule has 0 N–H and O–H groups in total. The van der Waals surface area contributed by atoms with Gasteiger partial charge >= 0.3 is 0 Å². The summed E-state index contributed by atoms with van der Waals surface area (Å²) in [5, 5.41) is 9.78. The number of nitrogens with zero attached hydrogens (tertiary/aromatic N) is 3. The zero-order valence-corrected chi connectivity index (χ0v) is 11.9. The number of aromatic nitrogens is 3. The summed E-state index contributed by atoms with van der Waals surface area (Å²) in [5.74, 6) is 0.990. The van der Waals surface area contributed by atoms with Gasteiger partial charge in [0.1, 0.15) is 5.82 Å². The van der Waals surface area contributed by atoms with Crippen molar-refractivity contribution < 1.29 is 13.4 Å². The Bertz CT molecular complexity index is 897. The van der Waals surface area contributed by atoms with Gasteiger partial charge in [0.05, 0.1) is 4.88 Å². The summed E-state index contributed by atoms with van der Waals surface area (Å²) in [4.78, 5) is 5.21. The molecule has 1 aromatic carbocycles. The van der Waals surface area contributed by atoms with Crippen LogP contribution in [0.15, 0.2) is 56.9 Å². The molecule has 0 fully saturated rings. The molecule has 0 aliphatic heterocycles. The third-order valence-electron chi connectivity index (χ3n) is 3.03. The molecule has 7 heteroatoms. The van der Waals surface area contributed by atoms with Crippen LogP contribution in [0.4, 0.5) is 4.39 Å². The Kier molecular flexibility index (Phi) is 3.05. The van der Waals surface area contributed by atoms with Gasteiger partial charge in [0.2, 0.25) is 5.82 Å². The molecule has 4 rings (SSSR count). The molecule has 4 aromatic rings. The van der Waals surface area contributed by atoms with E-state index in [-0.39, 0.29) is 11.7 Å². The van der Waals surface area contributed by atoms with E-state index in [4.69, 9.17) is 9.05 Å². The average Bonchev–Trinajstić information content (AvgIpc) is 3.27. The van der Waals surface area contributed by atoms with E-state index in [9.17, 15) is 4.39 Å². The van der Waals surface area contributed by atoms with Crippen LogP contribution in [0.25, 0.3) is 33.6 Å². The van der Waals surface area contributed by atoms with Crippen LogP contribution in [-0.2, 0) is 0 Å². The fourth-order valence-electron chi connectivity index (χ4n) is 1.96. The van der Waals surface area contributed by atoms with Crippen molar-refractivity contribution in [2.45, 2.75) is 0 Å². The summed E-state index contributed by atoms with van der Waals surface area (Å²) < 4.78 is 23.4. The maximum absolute atomic E-state index is 12.9. The fourth-order valence-corrected chi connectivity index (χ4v) is 2.61. The Morgan fingerprint density at radius 1 is 1.00 bits per heavy atom. The first-order valence-corrected chi connectivity index (χ1v) is 7.28. The van der Waals surface area contributed by atoms with Gasteiger partial charge in [-0.1, -0.05) is 16.4 Å². The highest BCUT2D eigenvalue weighted by Crippen LogP contribution is 2.28. The van der Waals surface area contributed by atoms with E-state index >= 15 is 0 Å². The molecule has 0 saturated carbocycles. The Morgan fingerprint density at radius 2 is 1.86 bits per heavy atom. The van der Waals surface area contributed by atoms with Crippen LogP contribution < -0.4 is 0 Å². The zero-order chi connectivity index (χ0) is 14.9. The normalized spacial score (nSPS) is 11.0. The van der Waals surface area contributed by atoms with Crippen molar-refractivity contribution in [3.63, 3.8) is 0 Å². The minimum Gasteiger partial charge on any atom is -0.355 e. The number of thiophene rings is 1. The average molecular weight is 313 g/mol. The lowest BCUT2D eigenvalue weighted by atomic mass is 10.1. The summed E-state index contributed by atoms with van der Waals surface area (Å²) in [7, 11) is 0. The Labute approximate surface area is 128 Å². The van der Waals surface area contributed by atoms with Crippen molar-refractivity contribution in [2.24, 2.45) is 0 Å². The largest absolute Gasteiger partial charge is 0.355 e. The van der Waals surface area contributed by atoms with Crippen molar-refractivity contribution in [3.05, 3.63) is 53.7 Å². The molecule has 0 atom stereocenters. The smallest absolute Gasteiger partial charge is 0.280 e. The van der Waals surface area contributed by atoms with E-state index in [1.54, 1.807) is 18.2 Å². The molecule has 0 aliphatic rings. The van der Waals surface area contributed by atoms with Gasteiger partial charge in [0, 0.05) is 11.6 Å². The van der Waals surface area contributed by atoms with E-state index in [1.165, 1.54) is 23.5 Å². The van der Waals surface area contributed by atoms with Gasteiger partial charge in [-0.2, -0.15) is 4.98 Å². The fraction of sp³-hybridized carbons (Fsp3) is 0. The topological polar surface area (TPSA) is 65.0 Å². The summed E-state index contributed by atoms with van der Waals surface area (Å²) in [5.41, 5.74) is 1.16. The zero-order valence-electron chi connectivity index (χ0n) is 11.1. The number of hydrogen-bond acceptors (Lipinski definition) is 6. The summed E-state index contributed by atoms with van der Waals surface area (Å²) >= 11 is 1.52. The molecule has 0 spiro atoms. The maximum atomic E-state index is 12.9. The van der Waals surface area contributed by atoms with Gasteiger partial charge in [0.15, 0.2) is 11.5 Å². The number of halogens is 1. The van der Waals surface area contributed by atoms with Crippen LogP contribution >= 0.6 is 11.3 Å². The van der Waals surface area contributed by atoms with Gasteiger partial charge < -0.3 is 9.05 Å². The maximum Gasteiger partial charge on any atom is 0.280 e. The Hall–Kier alpha value is -2.80. The molecule has 108 valence electrons. The van der Waals surface area contributed by atoms with E-state index in [1.807, 2.05) is 17.5 Å². The van der Waals surface area contributed by atoms with Gasteiger partial charge in [-0.05, 0) is 35.7 Å². The molecular weight excluding hydrogens is 305 g/mol. The van der Waals surface area contributed by atoms with Crippen LogP contribution in [0.3, 0.4) is 0 Å². The first kappa shape index (κ1) is 12.9. The molecule has 3 aromatic heterocycles. The third-order valence-corrected chi connectivity index (χ3v) is 3.89. The standard InChI is InChI=1S/C15H8FN3O2S/c16-10-5-3-9(4-6-10)12-8-11(18-20-12)15-17-14(19-21-15)13-2-1-7-22-13/h1-8H. The monoisotopic (exact) mass is 313 g/mol. The first-order valence-electron chi connectivity index (χ1n) is 6.40. The molecule has 0 bridgehead atoms. The molecular formula is C15H8FN3O2S. The van der Waals surface area contributed by atoms with Crippen molar-refractivity contribution >= 4 is 11.3 Å². The van der Waals surface area contributed by atoms with Crippen molar-refractivity contribution in [1.29, 1.82) is 0 Å². The molecule has 22 heavy (non-hydrogen) atoms. The van der Waals surface area contributed by atoms with Gasteiger partial charge in [-0.25, -0.2) is 4.39 Å². The number of hydrogen-bond donors (Lipinski definition) is 0. The van der Waals surface area contributed by atoms with Crippen LogP contribution in [0.1, 0.15) is 0 Å². The molecule has 0 unspecified atom stereocenters. The van der Waals surface area contributed by atoms with Gasteiger partial charge in [-0.15, -0.1) is 11.3 Å². The Balaban J connectivity index is 1.65. The van der Waals surface area contributed by atoms with E-state index in [0.29, 0.717) is 17.3 Å². The Morgan fingerprint density at radius 3 is 2.64 bits per heavy atom. The molecule has 0 radical (unpaired) electrons. The molecule has 5 nitrogen and oxygen atoms in total. The van der Waals surface area contributed by atoms with Gasteiger partial charge in [0.25, 0.3) is 5.89 Å². The minimum absolute atomic E-state index is 0.278. The third kappa shape index (κ3) is 2.31. The van der Waals surface area contributed by atoms with Crippen molar-refractivity contribution in [1.82, 2.24) is 15.3 Å². The van der Waals surface area contributed by atoms with Crippen molar-refractivity contribution in [2.75, 3.05) is 0 Å². The highest BCUT2D eigenvalue weighted by molar-refractivity contribution is 7.13. The molecule has 0 saturated heterocycles. The number of rotatable bonds is 3. The van der Waals surface area contributed by atoms with E-state index in [2.05, 4.69) is 15.3 Å². The summed E-state index contributed by atoms with van der Waals surface area (Å²) in [6.45, 7) is 0. The second kappa shape index (κ2) is 5.19. The minimum atomic E-state index is -0.305. The summed E-state index contributed by atoms with van der Waals surface area (Å²) in [6, 6.07) is 11.5. The molecule has 0 aliphatic carbocycles. The van der Waals surface area contributed by atoms with Crippen LogP contribution in [0.2, 0.25) is 0 Å². The number of benzene rings is 1. The lowest BCUT2D eigenvalue weighted by Gasteiger charge is -1.93. The first-order chi connectivity index (χ1) is 10.8. The quantitative estimate of drug-likeness (QED) is 0.565. The summed E-state index contributed by atoms with van der Waals surface area (Å²) in [6.07, 6.45) is 0. The van der Waals surface area contributed by atoms with Crippen LogP contribution in [0, 0.1) is 5.82 Å². The van der Waals surface area contributed by atoms with E-state index in [0.717, 1.165) is 10.4 Å². The lowest BCUT2D eigenvalue weighted by molar-refractivity contribution is 0.411. The predicted molar refractivity (Wildman–Crippen MR) is 78.5 cm³/mol. The second-order valence-electron chi connectivity index (χ2n) is 4.48. The molecule has 3 heterocycles. The molecule has 0 amide bonds. The van der Waals surface area contributed by atoms with Gasteiger partial charge in [-0.3, -0.25) is 0 Å². The van der Waals surface area contributed by atoms with E-state index < -0.39 is 0 Å². The second-order valence-corrected chi connectivity index (χ2v) is 5.43.